The van der Waals surface area contributed by atoms with Gasteiger partial charge in [-0.2, -0.15) is 20.5 Å². The van der Waals surface area contributed by atoms with Gasteiger partial charge in [0.05, 0.1) is 33.6 Å². The molecule has 18 nitrogen and oxygen atoms in total. The predicted octanol–water partition coefficient (Wildman–Crippen LogP) is 3.84. The van der Waals surface area contributed by atoms with E-state index < -0.39 is 70.5 Å². The molecule has 0 spiro atoms. The second-order valence-corrected chi connectivity index (χ2v) is 9.70. The summed E-state index contributed by atoms with van der Waals surface area (Å²) in [5.41, 5.74) is -2.03. The maximum atomic E-state index is 12.8. The average molecular weight is 661 g/mol. The smallest absolute Gasteiger partial charge is 0.337 e. The second-order valence-electron chi connectivity index (χ2n) is 9.70. The second kappa shape index (κ2) is 15.3. The zero-order chi connectivity index (χ0) is 35.7. The number of carbonyl (C=O) groups excluding carboxylic acids is 4. The van der Waals surface area contributed by atoms with Crippen molar-refractivity contribution in [1.29, 1.82) is 0 Å². The molecular formula is C30H24N6O12. The highest BCUT2D eigenvalue weighted by Crippen LogP contribution is 2.24. The van der Waals surface area contributed by atoms with Gasteiger partial charge < -0.3 is 31.1 Å². The molecule has 0 bridgehead atoms. The first-order chi connectivity index (χ1) is 22.6. The van der Waals surface area contributed by atoms with Crippen molar-refractivity contribution in [3.05, 3.63) is 82.9 Å². The molecule has 0 saturated carbocycles. The molecule has 0 aliphatic rings. The lowest BCUT2D eigenvalue weighted by molar-refractivity contribution is -0.127. The van der Waals surface area contributed by atoms with Gasteiger partial charge in [0.25, 0.3) is 11.8 Å². The van der Waals surface area contributed by atoms with Gasteiger partial charge in [0.2, 0.25) is 12.1 Å². The molecule has 0 aliphatic carbocycles. The number of amides is 2. The lowest BCUT2D eigenvalue weighted by Crippen LogP contribution is -2.32. The first-order valence-electron chi connectivity index (χ1n) is 13.3. The fraction of sp³-hybridized carbons (Fsp3) is 0.133. The van der Waals surface area contributed by atoms with Crippen molar-refractivity contribution in [2.45, 2.75) is 25.9 Å². The molecule has 0 heterocycles. The quantitative estimate of drug-likeness (QED) is 0.106. The number of rotatable bonds is 14. The van der Waals surface area contributed by atoms with Crippen molar-refractivity contribution in [1.82, 2.24) is 0 Å². The minimum absolute atomic E-state index is 0.130. The van der Waals surface area contributed by atoms with Gasteiger partial charge in [-0.15, -0.1) is 0 Å². The maximum absolute atomic E-state index is 12.8. The normalized spacial score (nSPS) is 12.2. The molecule has 6 N–H and O–H groups in total. The van der Waals surface area contributed by atoms with E-state index in [1.807, 2.05) is 0 Å². The summed E-state index contributed by atoms with van der Waals surface area (Å²) in [6, 6.07) is 7.82. The molecule has 2 amide bonds. The minimum Gasteiger partial charge on any atom is -0.478 e. The van der Waals surface area contributed by atoms with Crippen LogP contribution in [0.15, 0.2) is 81.1 Å². The zero-order valence-corrected chi connectivity index (χ0v) is 24.8. The monoisotopic (exact) mass is 660 g/mol. The molecule has 0 aromatic heterocycles. The highest BCUT2D eigenvalue weighted by molar-refractivity contribution is 6.11. The molecule has 0 fully saturated rings. The number of ketones is 2. The van der Waals surface area contributed by atoms with Gasteiger partial charge in [-0.1, -0.05) is 0 Å². The topological polar surface area (TPSA) is 291 Å². The van der Waals surface area contributed by atoms with E-state index in [1.54, 1.807) is 0 Å². The molecule has 0 aliphatic heterocycles. The van der Waals surface area contributed by atoms with E-state index in [2.05, 4.69) is 31.1 Å². The van der Waals surface area contributed by atoms with Gasteiger partial charge in [0.15, 0.2) is 11.6 Å². The zero-order valence-electron chi connectivity index (χ0n) is 24.8. The third-order valence-corrected chi connectivity index (χ3v) is 6.20. The highest BCUT2D eigenvalue weighted by atomic mass is 16.4. The van der Waals surface area contributed by atoms with Crippen LogP contribution in [0.3, 0.4) is 0 Å². The van der Waals surface area contributed by atoms with Crippen LogP contribution < -0.4 is 10.6 Å². The van der Waals surface area contributed by atoms with Crippen LogP contribution in [0.25, 0.3) is 0 Å². The number of azo groups is 2. The largest absolute Gasteiger partial charge is 0.478 e. The lowest BCUT2D eigenvalue weighted by atomic mass is 10.1. The Balaban J connectivity index is 1.73. The number of Topliss-reactive ketones (excluding diaryl/α,β-unsaturated/α-hetero) is 2. The van der Waals surface area contributed by atoms with Crippen molar-refractivity contribution in [2.75, 3.05) is 10.6 Å². The molecule has 0 saturated heterocycles. The minimum atomic E-state index is -1.71. The van der Waals surface area contributed by atoms with E-state index in [0.717, 1.165) is 50.2 Å². The Labute approximate surface area is 268 Å². The summed E-state index contributed by atoms with van der Waals surface area (Å²) in [7, 11) is 0. The summed E-state index contributed by atoms with van der Waals surface area (Å²) < 4.78 is 0. The van der Waals surface area contributed by atoms with Crippen LogP contribution in [0, 0.1) is 0 Å². The van der Waals surface area contributed by atoms with Gasteiger partial charge >= 0.3 is 23.9 Å². The number of hydrogen-bond donors (Lipinski definition) is 6. The third-order valence-electron chi connectivity index (χ3n) is 6.20. The van der Waals surface area contributed by atoms with Crippen molar-refractivity contribution >= 4 is 70.0 Å². The highest BCUT2D eigenvalue weighted by Gasteiger charge is 2.26. The van der Waals surface area contributed by atoms with Gasteiger partial charge in [0, 0.05) is 11.4 Å². The molecule has 2 unspecified atom stereocenters. The van der Waals surface area contributed by atoms with E-state index in [4.69, 9.17) is 10.2 Å². The number of carbonyl (C=O) groups is 8. The SMILES string of the molecule is CC(=O)C(N=Nc1ccc(C(=O)O)cc1C(=O)O)C(=O)Nc1ccc(NC(=O)C(N=Nc2ccc(C(=O)O)cc2C(=O)O)C(C)=O)cc1. The molecule has 3 aromatic carbocycles. The standard InChI is InChI=1S/C30H24N6O12/c1-13(37)23(35-33-21-9-3-15(27(41)42)11-19(21)29(45)46)25(39)31-17-5-7-18(8-6-17)32-26(40)24(14(2)38)36-34-22-10-4-16(28(43)44)12-20(22)30(47)48/h3-12,23-24H,1-2H3,(H,31,39)(H,32,40)(H,41,42)(H,43,44)(H,45,46)(H,47,48). The Morgan fingerprint density at radius 3 is 1.12 bits per heavy atom. The van der Waals surface area contributed by atoms with Crippen LogP contribution in [-0.4, -0.2) is 79.8 Å². The van der Waals surface area contributed by atoms with E-state index in [-0.39, 0.29) is 33.9 Å². The molecule has 0 radical (unpaired) electrons. The van der Waals surface area contributed by atoms with E-state index in [9.17, 15) is 48.6 Å². The Morgan fingerprint density at radius 2 is 0.854 bits per heavy atom. The molecule has 3 rings (SSSR count). The fourth-order valence-electron chi connectivity index (χ4n) is 3.79. The molecule has 18 heteroatoms. The summed E-state index contributed by atoms with van der Waals surface area (Å²) in [5, 5.41) is 56.4. The van der Waals surface area contributed by atoms with Crippen LogP contribution in [0.5, 0.6) is 0 Å². The summed E-state index contributed by atoms with van der Waals surface area (Å²) >= 11 is 0. The van der Waals surface area contributed by atoms with Gasteiger partial charge in [-0.3, -0.25) is 19.2 Å². The van der Waals surface area contributed by atoms with E-state index in [0.29, 0.717) is 0 Å². The van der Waals surface area contributed by atoms with Crippen molar-refractivity contribution in [3.63, 3.8) is 0 Å². The van der Waals surface area contributed by atoms with Crippen LogP contribution >= 0.6 is 0 Å². The van der Waals surface area contributed by atoms with Crippen LogP contribution in [-0.2, 0) is 19.2 Å². The van der Waals surface area contributed by atoms with Crippen LogP contribution in [0.2, 0.25) is 0 Å². The molecule has 48 heavy (non-hydrogen) atoms. The van der Waals surface area contributed by atoms with Gasteiger partial charge in [-0.05, 0) is 74.5 Å². The number of hydrogen-bond acceptors (Lipinski definition) is 12. The maximum Gasteiger partial charge on any atom is 0.337 e. The van der Waals surface area contributed by atoms with E-state index in [1.165, 1.54) is 24.3 Å². The molecule has 2 atom stereocenters. The van der Waals surface area contributed by atoms with Gasteiger partial charge in [0.1, 0.15) is 0 Å². The Hall–Kier alpha value is -6.98. The summed E-state index contributed by atoms with van der Waals surface area (Å²) in [6.45, 7) is 2.09. The third kappa shape index (κ3) is 9.03. The van der Waals surface area contributed by atoms with E-state index >= 15 is 0 Å². The number of carboxylic acid groups (broad SMARTS) is 4. The molecular weight excluding hydrogens is 636 g/mol. The summed E-state index contributed by atoms with van der Waals surface area (Å²) in [6.07, 6.45) is 0. The van der Waals surface area contributed by atoms with Crippen molar-refractivity contribution < 1.29 is 58.8 Å². The van der Waals surface area contributed by atoms with Crippen molar-refractivity contribution in [3.8, 4) is 0 Å². The first-order valence-corrected chi connectivity index (χ1v) is 13.3. The summed E-state index contributed by atoms with van der Waals surface area (Å²) in [5.74, 6) is -9.19. The number of nitrogens with one attached hydrogen (secondary N) is 2. The Kier molecular flexibility index (Phi) is 11.3. The predicted molar refractivity (Wildman–Crippen MR) is 162 cm³/mol. The number of anilines is 2. The number of benzene rings is 3. The molecule has 3 aromatic rings. The summed E-state index contributed by atoms with van der Waals surface area (Å²) in [4.78, 5) is 95.2. The average Bonchev–Trinajstić information content (AvgIpc) is 3.01. The van der Waals surface area contributed by atoms with Crippen LogP contribution in [0.4, 0.5) is 22.7 Å². The van der Waals surface area contributed by atoms with Crippen LogP contribution in [0.1, 0.15) is 55.3 Å². The fourth-order valence-corrected chi connectivity index (χ4v) is 3.79. The Bertz CT molecular complexity index is 1770. The first kappa shape index (κ1) is 35.5. The molecule has 246 valence electrons. The lowest BCUT2D eigenvalue weighted by Gasteiger charge is -2.12. The Morgan fingerprint density at radius 1 is 0.521 bits per heavy atom. The number of aromatic carboxylic acids is 4. The number of nitrogens with zero attached hydrogens (tertiary/aromatic N) is 4. The van der Waals surface area contributed by atoms with Crippen molar-refractivity contribution in [2.24, 2.45) is 20.5 Å². The number of carboxylic acids is 4. The van der Waals surface area contributed by atoms with Gasteiger partial charge in [-0.25, -0.2) is 19.2 Å².